The fourth-order valence-corrected chi connectivity index (χ4v) is 1.88. The summed E-state index contributed by atoms with van der Waals surface area (Å²) in [6.07, 6.45) is 0. The quantitative estimate of drug-likeness (QED) is 0.619. The van der Waals surface area contributed by atoms with Gasteiger partial charge in [-0.2, -0.15) is 0 Å². The van der Waals surface area contributed by atoms with E-state index in [9.17, 15) is 4.79 Å². The van der Waals surface area contributed by atoms with Crippen molar-refractivity contribution in [2.75, 3.05) is 0 Å². The number of aliphatic hydroxyl groups is 1. The van der Waals surface area contributed by atoms with Crippen molar-refractivity contribution in [3.05, 3.63) is 28.8 Å². The van der Waals surface area contributed by atoms with Crippen molar-refractivity contribution in [3.63, 3.8) is 0 Å². The second kappa shape index (κ2) is 4.68. The van der Waals surface area contributed by atoms with Crippen LogP contribution in [0.2, 0.25) is 5.02 Å². The van der Waals surface area contributed by atoms with Crippen LogP contribution in [0.15, 0.2) is 23.1 Å². The molecule has 2 N–H and O–H groups in total. The number of aliphatic carboxylic acids is 1. The van der Waals surface area contributed by atoms with Crippen molar-refractivity contribution >= 4 is 29.3 Å². The summed E-state index contributed by atoms with van der Waals surface area (Å²) in [4.78, 5) is 11.1. The summed E-state index contributed by atoms with van der Waals surface area (Å²) in [7, 11) is 0. The Morgan fingerprint density at radius 3 is 2.71 bits per heavy atom. The fourth-order valence-electron chi connectivity index (χ4n) is 0.916. The highest BCUT2D eigenvalue weighted by atomic mass is 35.5. The lowest BCUT2D eigenvalue weighted by Gasteiger charge is -2.07. The third kappa shape index (κ3) is 2.90. The Balaban J connectivity index is 2.82. The number of benzene rings is 1. The highest BCUT2D eigenvalue weighted by Gasteiger charge is 2.15. The van der Waals surface area contributed by atoms with Crippen molar-refractivity contribution in [2.24, 2.45) is 0 Å². The average molecular weight is 233 g/mol. The summed E-state index contributed by atoms with van der Waals surface area (Å²) in [5.41, 5.74) is -0.585. The van der Waals surface area contributed by atoms with Crippen molar-refractivity contribution in [3.8, 4) is 0 Å². The van der Waals surface area contributed by atoms with E-state index in [1.807, 2.05) is 6.92 Å². The van der Waals surface area contributed by atoms with E-state index in [1.54, 1.807) is 18.2 Å². The molecule has 1 rings (SSSR count). The molecule has 0 radical (unpaired) electrons. The lowest BCUT2D eigenvalue weighted by atomic mass is 10.2. The standard InChI is InChI=1S/C9H9ClO3S/c1-5-4-6(10)2-3-7(5)14-9(13)8(11)12/h2-4,9,13H,1H3,(H,11,12). The fraction of sp³-hybridized carbons (Fsp3) is 0.222. The predicted octanol–water partition coefficient (Wildman–Crippen LogP) is 2.14. The van der Waals surface area contributed by atoms with Gasteiger partial charge >= 0.3 is 5.97 Å². The number of thioether (sulfide) groups is 1. The molecule has 0 fully saturated rings. The molecular formula is C9H9ClO3S. The molecule has 0 heterocycles. The minimum Gasteiger partial charge on any atom is -0.479 e. The van der Waals surface area contributed by atoms with Crippen molar-refractivity contribution in [1.82, 2.24) is 0 Å². The zero-order chi connectivity index (χ0) is 10.7. The smallest absolute Gasteiger partial charge is 0.343 e. The number of aryl methyl sites for hydroxylation is 1. The monoisotopic (exact) mass is 232 g/mol. The van der Waals surface area contributed by atoms with Crippen LogP contribution in [0.25, 0.3) is 0 Å². The van der Waals surface area contributed by atoms with E-state index in [0.717, 1.165) is 17.3 Å². The van der Waals surface area contributed by atoms with Gasteiger partial charge in [-0.25, -0.2) is 4.79 Å². The molecule has 0 spiro atoms. The third-order valence-electron chi connectivity index (χ3n) is 1.59. The number of aliphatic hydroxyl groups excluding tert-OH is 1. The Bertz CT molecular complexity index is 354. The Kier molecular flexibility index (Phi) is 3.80. The van der Waals surface area contributed by atoms with Crippen LogP contribution in [-0.4, -0.2) is 21.6 Å². The lowest BCUT2D eigenvalue weighted by Crippen LogP contribution is -2.14. The van der Waals surface area contributed by atoms with Gasteiger partial charge in [0.05, 0.1) is 0 Å². The SMILES string of the molecule is Cc1cc(Cl)ccc1SC(O)C(=O)O. The molecular weight excluding hydrogens is 224 g/mol. The molecule has 0 aliphatic heterocycles. The number of carboxylic acids is 1. The molecule has 0 aliphatic carbocycles. The van der Waals surface area contributed by atoms with Gasteiger partial charge in [-0.05, 0) is 30.7 Å². The summed E-state index contributed by atoms with van der Waals surface area (Å²) in [5, 5.41) is 18.2. The third-order valence-corrected chi connectivity index (χ3v) is 2.96. The highest BCUT2D eigenvalue weighted by Crippen LogP contribution is 2.27. The van der Waals surface area contributed by atoms with Gasteiger partial charge in [-0.15, -0.1) is 0 Å². The molecule has 5 heteroatoms. The van der Waals surface area contributed by atoms with Crippen LogP contribution in [-0.2, 0) is 4.79 Å². The molecule has 76 valence electrons. The number of hydrogen-bond acceptors (Lipinski definition) is 3. The molecule has 0 aromatic heterocycles. The Morgan fingerprint density at radius 1 is 1.57 bits per heavy atom. The van der Waals surface area contributed by atoms with Crippen LogP contribution >= 0.6 is 23.4 Å². The maximum absolute atomic E-state index is 10.4. The first kappa shape index (κ1) is 11.4. The number of rotatable bonds is 3. The first-order valence-corrected chi connectivity index (χ1v) is 5.10. The van der Waals surface area contributed by atoms with Crippen LogP contribution in [0, 0.1) is 6.92 Å². The normalized spacial score (nSPS) is 12.5. The highest BCUT2D eigenvalue weighted by molar-refractivity contribution is 8.00. The zero-order valence-electron chi connectivity index (χ0n) is 7.40. The molecule has 1 unspecified atom stereocenters. The number of carboxylic acid groups (broad SMARTS) is 1. The molecule has 3 nitrogen and oxygen atoms in total. The summed E-state index contributed by atoms with van der Waals surface area (Å²) < 4.78 is 0. The van der Waals surface area contributed by atoms with Gasteiger partial charge in [0.1, 0.15) is 0 Å². The Labute approximate surface area is 90.7 Å². The number of carbonyl (C=O) groups is 1. The lowest BCUT2D eigenvalue weighted by molar-refractivity contribution is -0.141. The van der Waals surface area contributed by atoms with Gasteiger partial charge in [0.2, 0.25) is 5.44 Å². The zero-order valence-corrected chi connectivity index (χ0v) is 8.97. The molecule has 0 saturated heterocycles. The molecule has 0 amide bonds. The van der Waals surface area contributed by atoms with Gasteiger partial charge in [0.25, 0.3) is 0 Å². The van der Waals surface area contributed by atoms with E-state index in [0.29, 0.717) is 9.92 Å². The van der Waals surface area contributed by atoms with E-state index in [-0.39, 0.29) is 0 Å². The maximum atomic E-state index is 10.4. The van der Waals surface area contributed by atoms with E-state index in [1.165, 1.54) is 0 Å². The number of hydrogen-bond donors (Lipinski definition) is 2. The van der Waals surface area contributed by atoms with E-state index in [2.05, 4.69) is 0 Å². The summed E-state index contributed by atoms with van der Waals surface area (Å²) in [6, 6.07) is 5.07. The van der Waals surface area contributed by atoms with E-state index in [4.69, 9.17) is 21.8 Å². The second-order valence-electron chi connectivity index (χ2n) is 2.72. The summed E-state index contributed by atoms with van der Waals surface area (Å²) in [6.45, 7) is 1.81. The molecule has 0 saturated carbocycles. The van der Waals surface area contributed by atoms with Gasteiger partial charge in [0, 0.05) is 9.92 Å². The van der Waals surface area contributed by atoms with Crippen LogP contribution in [0.5, 0.6) is 0 Å². The average Bonchev–Trinajstić information content (AvgIpc) is 2.09. The van der Waals surface area contributed by atoms with Crippen molar-refractivity contribution in [2.45, 2.75) is 17.3 Å². The Hall–Kier alpha value is -0.710. The van der Waals surface area contributed by atoms with Crippen LogP contribution < -0.4 is 0 Å². The summed E-state index contributed by atoms with van der Waals surface area (Å²) in [5.74, 6) is -1.25. The second-order valence-corrected chi connectivity index (χ2v) is 4.28. The van der Waals surface area contributed by atoms with Gasteiger partial charge < -0.3 is 10.2 Å². The molecule has 14 heavy (non-hydrogen) atoms. The minimum absolute atomic E-state index is 0.594. The van der Waals surface area contributed by atoms with Crippen LogP contribution in [0.1, 0.15) is 5.56 Å². The Morgan fingerprint density at radius 2 is 2.21 bits per heavy atom. The number of halogens is 1. The van der Waals surface area contributed by atoms with Gasteiger partial charge in [0.15, 0.2) is 0 Å². The largest absolute Gasteiger partial charge is 0.479 e. The van der Waals surface area contributed by atoms with E-state index < -0.39 is 11.4 Å². The van der Waals surface area contributed by atoms with Gasteiger partial charge in [-0.1, -0.05) is 23.4 Å². The van der Waals surface area contributed by atoms with Gasteiger partial charge in [-0.3, -0.25) is 0 Å². The minimum atomic E-state index is -1.44. The van der Waals surface area contributed by atoms with Crippen molar-refractivity contribution < 1.29 is 15.0 Å². The molecule has 1 aromatic carbocycles. The van der Waals surface area contributed by atoms with Crippen molar-refractivity contribution in [1.29, 1.82) is 0 Å². The van der Waals surface area contributed by atoms with Crippen LogP contribution in [0.4, 0.5) is 0 Å². The topological polar surface area (TPSA) is 57.5 Å². The molecule has 1 atom stereocenters. The molecule has 0 bridgehead atoms. The molecule has 1 aromatic rings. The molecule has 0 aliphatic rings. The van der Waals surface area contributed by atoms with Crippen LogP contribution in [0.3, 0.4) is 0 Å². The maximum Gasteiger partial charge on any atom is 0.343 e. The predicted molar refractivity (Wildman–Crippen MR) is 55.7 cm³/mol. The van der Waals surface area contributed by atoms with E-state index >= 15 is 0 Å². The first-order chi connectivity index (χ1) is 6.50. The first-order valence-electron chi connectivity index (χ1n) is 3.84. The summed E-state index contributed by atoms with van der Waals surface area (Å²) >= 11 is 6.61.